The average Bonchev–Trinajstić information content (AvgIpc) is 2.77. The van der Waals surface area contributed by atoms with Crippen LogP contribution in [0.1, 0.15) is 51.5 Å². The van der Waals surface area contributed by atoms with E-state index in [9.17, 15) is 14.8 Å². The molecule has 1 aromatic heterocycles. The molecular formula is C18H32N8O4. The number of nitrogens with zero attached hydrogens (tertiary/aromatic N) is 4. The molecular weight excluding hydrogens is 392 g/mol. The molecule has 1 aliphatic heterocycles. The molecule has 1 aliphatic rings. The summed E-state index contributed by atoms with van der Waals surface area (Å²) in [5.74, 6) is -0.311. The Labute approximate surface area is 176 Å². The summed E-state index contributed by atoms with van der Waals surface area (Å²) in [4.78, 5) is 35.7. The SMILES string of the molecule is CCCCC[C@H](CN(O)C=O)C(=O)NNc1ncnc(C2CNCC(NCC)O2)n1. The maximum absolute atomic E-state index is 12.5. The third kappa shape index (κ3) is 7.78. The fraction of sp³-hybridized carbons (Fsp3) is 0.722. The van der Waals surface area contributed by atoms with Crippen molar-refractivity contribution in [1.29, 1.82) is 0 Å². The second-order valence-electron chi connectivity index (χ2n) is 7.03. The Hall–Kier alpha value is -2.41. The van der Waals surface area contributed by atoms with Gasteiger partial charge in [-0.05, 0) is 13.0 Å². The van der Waals surface area contributed by atoms with Gasteiger partial charge < -0.3 is 10.1 Å². The molecule has 12 nitrogen and oxygen atoms in total. The molecule has 12 heteroatoms. The van der Waals surface area contributed by atoms with E-state index in [-0.39, 0.29) is 37.1 Å². The number of morpholine rings is 1. The third-order valence-electron chi connectivity index (χ3n) is 4.65. The van der Waals surface area contributed by atoms with Crippen LogP contribution in [0.5, 0.6) is 0 Å². The number of hydrazine groups is 1. The van der Waals surface area contributed by atoms with Crippen molar-refractivity contribution in [3.8, 4) is 0 Å². The van der Waals surface area contributed by atoms with Crippen LogP contribution in [0.15, 0.2) is 6.33 Å². The molecule has 5 N–H and O–H groups in total. The maximum Gasteiger partial charge on any atom is 0.245 e. The second-order valence-corrected chi connectivity index (χ2v) is 7.03. The number of hydrogen-bond donors (Lipinski definition) is 5. The third-order valence-corrected chi connectivity index (χ3v) is 4.65. The number of aromatic nitrogens is 3. The number of rotatable bonds is 13. The highest BCUT2D eigenvalue weighted by Crippen LogP contribution is 2.17. The van der Waals surface area contributed by atoms with E-state index < -0.39 is 5.92 Å². The molecule has 168 valence electrons. The molecule has 0 radical (unpaired) electrons. The number of hydrogen-bond acceptors (Lipinski definition) is 10. The lowest BCUT2D eigenvalue weighted by Gasteiger charge is -2.30. The van der Waals surface area contributed by atoms with Crippen molar-refractivity contribution in [2.75, 3.05) is 31.6 Å². The predicted molar refractivity (Wildman–Crippen MR) is 108 cm³/mol. The van der Waals surface area contributed by atoms with E-state index in [0.717, 1.165) is 25.8 Å². The van der Waals surface area contributed by atoms with Crippen LogP contribution >= 0.6 is 0 Å². The summed E-state index contributed by atoms with van der Waals surface area (Å²) in [6, 6.07) is 0. The highest BCUT2D eigenvalue weighted by Gasteiger charge is 2.25. The van der Waals surface area contributed by atoms with Gasteiger partial charge in [0.25, 0.3) is 0 Å². The number of ether oxygens (including phenoxy) is 1. The molecule has 1 saturated heterocycles. The number of unbranched alkanes of at least 4 members (excludes halogenated alkanes) is 2. The molecule has 30 heavy (non-hydrogen) atoms. The van der Waals surface area contributed by atoms with Gasteiger partial charge in [0, 0.05) is 13.1 Å². The Morgan fingerprint density at radius 2 is 2.23 bits per heavy atom. The van der Waals surface area contributed by atoms with Gasteiger partial charge in [-0.1, -0.05) is 33.1 Å². The first-order valence-corrected chi connectivity index (χ1v) is 10.3. The van der Waals surface area contributed by atoms with E-state index in [4.69, 9.17) is 4.74 Å². The van der Waals surface area contributed by atoms with Crippen LogP contribution in [0.25, 0.3) is 0 Å². The van der Waals surface area contributed by atoms with Gasteiger partial charge in [0.1, 0.15) is 18.7 Å². The summed E-state index contributed by atoms with van der Waals surface area (Å²) >= 11 is 0. The first-order valence-electron chi connectivity index (χ1n) is 10.3. The summed E-state index contributed by atoms with van der Waals surface area (Å²) in [5, 5.41) is 16.4. The van der Waals surface area contributed by atoms with Gasteiger partial charge in [-0.2, -0.15) is 9.97 Å². The smallest absolute Gasteiger partial charge is 0.245 e. The minimum absolute atomic E-state index is 0.0867. The van der Waals surface area contributed by atoms with E-state index in [1.165, 1.54) is 6.33 Å². The van der Waals surface area contributed by atoms with Crippen molar-refractivity contribution >= 4 is 18.3 Å². The van der Waals surface area contributed by atoms with Crippen molar-refractivity contribution in [2.45, 2.75) is 51.9 Å². The summed E-state index contributed by atoms with van der Waals surface area (Å²) in [6.07, 6.45) is 4.47. The molecule has 1 fully saturated rings. The standard InChI is InChI=1S/C18H32N8O4/c1-3-5-6-7-13(10-26(29)12-27)17(28)24-25-18-22-11-21-16(23-18)14-8-19-9-15(30-14)20-4-2/h11-15,19-20,29H,3-10H2,1-2H3,(H,24,28)(H,21,22,23,25)/t13-,14?,15?/m1/s1. The minimum atomic E-state index is -0.563. The highest BCUT2D eigenvalue weighted by molar-refractivity contribution is 5.80. The van der Waals surface area contributed by atoms with Crippen LogP contribution in [-0.4, -0.2) is 69.9 Å². The van der Waals surface area contributed by atoms with Gasteiger partial charge in [-0.25, -0.2) is 10.0 Å². The van der Waals surface area contributed by atoms with E-state index >= 15 is 0 Å². The number of nitrogens with one attached hydrogen (secondary N) is 4. The fourth-order valence-corrected chi connectivity index (χ4v) is 3.10. The van der Waals surface area contributed by atoms with Gasteiger partial charge in [0.05, 0.1) is 12.5 Å². The predicted octanol–water partition coefficient (Wildman–Crippen LogP) is -0.0447. The number of likely N-dealkylation sites (N-methyl/N-ethyl adjacent to an activating group) is 1. The Morgan fingerprint density at radius 1 is 1.40 bits per heavy atom. The van der Waals surface area contributed by atoms with Gasteiger partial charge >= 0.3 is 0 Å². The van der Waals surface area contributed by atoms with Crippen LogP contribution < -0.4 is 21.5 Å². The number of amides is 2. The highest BCUT2D eigenvalue weighted by atomic mass is 16.5. The Morgan fingerprint density at radius 3 is 2.97 bits per heavy atom. The molecule has 2 amide bonds. The minimum Gasteiger partial charge on any atom is -0.349 e. The molecule has 0 spiro atoms. The molecule has 2 rings (SSSR count). The zero-order valence-corrected chi connectivity index (χ0v) is 17.5. The van der Waals surface area contributed by atoms with Gasteiger partial charge in [0.2, 0.25) is 18.3 Å². The molecule has 0 aromatic carbocycles. The topological polar surface area (TPSA) is 154 Å². The molecule has 2 heterocycles. The Kier molecular flexibility index (Phi) is 10.3. The van der Waals surface area contributed by atoms with Crippen molar-refractivity contribution in [3.05, 3.63) is 12.2 Å². The summed E-state index contributed by atoms with van der Waals surface area (Å²) in [7, 11) is 0. The summed E-state index contributed by atoms with van der Waals surface area (Å²) in [6.45, 7) is 6.01. The van der Waals surface area contributed by atoms with Crippen molar-refractivity contribution in [3.63, 3.8) is 0 Å². The number of carbonyl (C=O) groups is 2. The van der Waals surface area contributed by atoms with Gasteiger partial charge in [0.15, 0.2) is 5.82 Å². The Bertz CT molecular complexity index is 663. The normalized spacial score (nSPS) is 19.7. The monoisotopic (exact) mass is 424 g/mol. The Balaban J connectivity index is 1.94. The van der Waals surface area contributed by atoms with Crippen LogP contribution in [0, 0.1) is 5.92 Å². The van der Waals surface area contributed by atoms with E-state index in [0.29, 0.717) is 30.4 Å². The lowest BCUT2D eigenvalue weighted by Crippen LogP contribution is -2.48. The van der Waals surface area contributed by atoms with Gasteiger partial charge in [-0.3, -0.25) is 31.0 Å². The average molecular weight is 425 g/mol. The molecule has 0 bridgehead atoms. The van der Waals surface area contributed by atoms with Crippen LogP contribution in [0.4, 0.5) is 5.95 Å². The second kappa shape index (κ2) is 13.0. The van der Waals surface area contributed by atoms with Crippen molar-refractivity contribution in [2.24, 2.45) is 5.92 Å². The van der Waals surface area contributed by atoms with Crippen molar-refractivity contribution < 1.29 is 19.5 Å². The molecule has 0 saturated carbocycles. The lowest BCUT2D eigenvalue weighted by atomic mass is 10.0. The fourth-order valence-electron chi connectivity index (χ4n) is 3.10. The number of carbonyl (C=O) groups excluding carboxylic acids is 2. The van der Waals surface area contributed by atoms with Crippen molar-refractivity contribution in [1.82, 2.24) is 36.1 Å². The molecule has 3 atom stereocenters. The van der Waals surface area contributed by atoms with E-state index in [1.807, 2.05) is 6.92 Å². The first kappa shape index (κ1) is 23.9. The number of hydroxylamine groups is 2. The quantitative estimate of drug-likeness (QED) is 0.126. The summed E-state index contributed by atoms with van der Waals surface area (Å²) in [5.41, 5.74) is 5.23. The largest absolute Gasteiger partial charge is 0.349 e. The van der Waals surface area contributed by atoms with Crippen LogP contribution in [0.2, 0.25) is 0 Å². The zero-order chi connectivity index (χ0) is 21.8. The molecule has 2 unspecified atom stereocenters. The number of anilines is 1. The van der Waals surface area contributed by atoms with Gasteiger partial charge in [-0.15, -0.1) is 0 Å². The van der Waals surface area contributed by atoms with E-state index in [2.05, 4.69) is 43.4 Å². The zero-order valence-electron chi connectivity index (χ0n) is 17.5. The molecule has 0 aliphatic carbocycles. The van der Waals surface area contributed by atoms with Crippen LogP contribution in [0.3, 0.4) is 0 Å². The molecule has 1 aromatic rings. The summed E-state index contributed by atoms with van der Waals surface area (Å²) < 4.78 is 5.93. The van der Waals surface area contributed by atoms with Crippen LogP contribution in [-0.2, 0) is 14.3 Å². The maximum atomic E-state index is 12.5. The first-order chi connectivity index (χ1) is 14.6. The lowest BCUT2D eigenvalue weighted by molar-refractivity contribution is -0.154. The van der Waals surface area contributed by atoms with E-state index in [1.54, 1.807) is 0 Å².